The number of rotatable bonds is 2. The summed E-state index contributed by atoms with van der Waals surface area (Å²) >= 11 is 0. The third-order valence-electron chi connectivity index (χ3n) is 4.36. The highest BCUT2D eigenvalue weighted by atomic mass is 16.5. The topological polar surface area (TPSA) is 38.5 Å². The summed E-state index contributed by atoms with van der Waals surface area (Å²) < 4.78 is 6.00. The summed E-state index contributed by atoms with van der Waals surface area (Å²) in [5.41, 5.74) is 8.89. The van der Waals surface area contributed by atoms with Gasteiger partial charge in [-0.05, 0) is 37.4 Å². The van der Waals surface area contributed by atoms with E-state index in [0.29, 0.717) is 6.04 Å². The third-order valence-corrected chi connectivity index (χ3v) is 4.36. The highest BCUT2D eigenvalue weighted by Crippen LogP contribution is 2.28. The minimum atomic E-state index is -0.00671. The molecule has 2 saturated heterocycles. The zero-order chi connectivity index (χ0) is 12.5. The SMILES string of the molecule is Cc1ccccc1C(N)C1CN2CCCC2CO1. The van der Waals surface area contributed by atoms with Crippen LogP contribution in [0.4, 0.5) is 0 Å². The van der Waals surface area contributed by atoms with Gasteiger partial charge < -0.3 is 10.5 Å². The number of benzene rings is 1. The molecular weight excluding hydrogens is 224 g/mol. The van der Waals surface area contributed by atoms with Crippen molar-refractivity contribution in [1.29, 1.82) is 0 Å². The second kappa shape index (κ2) is 5.00. The Morgan fingerprint density at radius 1 is 1.39 bits per heavy atom. The quantitative estimate of drug-likeness (QED) is 0.865. The summed E-state index contributed by atoms with van der Waals surface area (Å²) in [5, 5.41) is 0. The first-order valence-corrected chi connectivity index (χ1v) is 6.92. The van der Waals surface area contributed by atoms with Crippen LogP contribution >= 0.6 is 0 Å². The van der Waals surface area contributed by atoms with Crippen LogP contribution in [0.2, 0.25) is 0 Å². The van der Waals surface area contributed by atoms with Gasteiger partial charge in [-0.1, -0.05) is 24.3 Å². The van der Waals surface area contributed by atoms with Crippen molar-refractivity contribution >= 4 is 0 Å². The molecular formula is C15H22N2O. The minimum absolute atomic E-state index is 0.00671. The van der Waals surface area contributed by atoms with Crippen LogP contribution in [0.1, 0.15) is 30.0 Å². The number of morpholine rings is 1. The van der Waals surface area contributed by atoms with E-state index >= 15 is 0 Å². The summed E-state index contributed by atoms with van der Waals surface area (Å²) in [5.74, 6) is 0. The molecule has 2 aliphatic heterocycles. The Bertz CT molecular complexity index is 421. The average Bonchev–Trinajstić information content (AvgIpc) is 2.85. The molecule has 1 aromatic carbocycles. The van der Waals surface area contributed by atoms with Gasteiger partial charge in [0.15, 0.2) is 0 Å². The number of nitrogens with zero attached hydrogens (tertiary/aromatic N) is 1. The van der Waals surface area contributed by atoms with E-state index in [1.54, 1.807) is 0 Å². The lowest BCUT2D eigenvalue weighted by atomic mass is 9.96. The van der Waals surface area contributed by atoms with E-state index in [0.717, 1.165) is 13.2 Å². The summed E-state index contributed by atoms with van der Waals surface area (Å²) in [6, 6.07) is 9.00. The maximum atomic E-state index is 6.40. The Kier molecular flexibility index (Phi) is 3.37. The summed E-state index contributed by atoms with van der Waals surface area (Å²) in [6.07, 6.45) is 2.73. The highest BCUT2D eigenvalue weighted by molar-refractivity contribution is 5.29. The molecule has 0 saturated carbocycles. The molecule has 0 aromatic heterocycles. The maximum Gasteiger partial charge on any atom is 0.0895 e. The van der Waals surface area contributed by atoms with Gasteiger partial charge >= 0.3 is 0 Å². The fourth-order valence-electron chi connectivity index (χ4n) is 3.22. The van der Waals surface area contributed by atoms with Gasteiger partial charge in [-0.3, -0.25) is 4.90 Å². The molecule has 3 unspecified atom stereocenters. The van der Waals surface area contributed by atoms with Crippen LogP contribution in [0.3, 0.4) is 0 Å². The number of aryl methyl sites for hydroxylation is 1. The van der Waals surface area contributed by atoms with E-state index in [2.05, 4.69) is 36.1 Å². The molecule has 0 spiro atoms. The largest absolute Gasteiger partial charge is 0.373 e. The van der Waals surface area contributed by atoms with Crippen molar-refractivity contribution in [2.45, 2.75) is 38.0 Å². The number of fused-ring (bicyclic) bond motifs is 1. The average molecular weight is 246 g/mol. The van der Waals surface area contributed by atoms with Crippen LogP contribution in [0.5, 0.6) is 0 Å². The zero-order valence-electron chi connectivity index (χ0n) is 11.0. The summed E-state index contributed by atoms with van der Waals surface area (Å²) in [7, 11) is 0. The van der Waals surface area contributed by atoms with Crippen LogP contribution in [-0.4, -0.2) is 36.7 Å². The van der Waals surface area contributed by atoms with Crippen LogP contribution in [0.15, 0.2) is 24.3 Å². The second-order valence-electron chi connectivity index (χ2n) is 5.55. The Balaban J connectivity index is 1.73. The summed E-state index contributed by atoms with van der Waals surface area (Å²) in [6.45, 7) is 5.17. The van der Waals surface area contributed by atoms with Crippen molar-refractivity contribution in [3.05, 3.63) is 35.4 Å². The van der Waals surface area contributed by atoms with E-state index in [1.807, 2.05) is 0 Å². The van der Waals surface area contributed by atoms with E-state index in [1.165, 1.54) is 30.5 Å². The molecule has 0 amide bonds. The molecule has 3 nitrogen and oxygen atoms in total. The van der Waals surface area contributed by atoms with E-state index in [4.69, 9.17) is 10.5 Å². The fraction of sp³-hybridized carbons (Fsp3) is 0.600. The molecule has 3 heteroatoms. The molecule has 0 bridgehead atoms. The van der Waals surface area contributed by atoms with Crippen LogP contribution in [0.25, 0.3) is 0 Å². The van der Waals surface area contributed by atoms with Crippen molar-refractivity contribution in [2.75, 3.05) is 19.7 Å². The first kappa shape index (κ1) is 12.2. The predicted octanol–water partition coefficient (Wildman–Crippen LogP) is 1.86. The molecule has 3 atom stereocenters. The normalized spacial score (nSPS) is 30.1. The number of hydrogen-bond donors (Lipinski definition) is 1. The standard InChI is InChI=1S/C15H22N2O/c1-11-5-2-3-7-13(11)15(16)14-9-17-8-4-6-12(17)10-18-14/h2-3,5,7,12,14-15H,4,6,8-10,16H2,1H3. The first-order chi connectivity index (χ1) is 8.75. The number of hydrogen-bond acceptors (Lipinski definition) is 3. The molecule has 1 aromatic rings. The van der Waals surface area contributed by atoms with Crippen molar-refractivity contribution in [2.24, 2.45) is 5.73 Å². The molecule has 2 N–H and O–H groups in total. The van der Waals surface area contributed by atoms with Gasteiger partial charge in [-0.15, -0.1) is 0 Å². The van der Waals surface area contributed by atoms with Crippen LogP contribution in [0, 0.1) is 6.92 Å². The molecule has 98 valence electrons. The van der Waals surface area contributed by atoms with Crippen molar-refractivity contribution in [3.63, 3.8) is 0 Å². The Labute approximate surface area is 109 Å². The first-order valence-electron chi connectivity index (χ1n) is 6.92. The number of nitrogens with two attached hydrogens (primary N) is 1. The minimum Gasteiger partial charge on any atom is -0.373 e. The molecule has 2 heterocycles. The van der Waals surface area contributed by atoms with Crippen molar-refractivity contribution in [3.8, 4) is 0 Å². The highest BCUT2D eigenvalue weighted by Gasteiger charge is 2.35. The van der Waals surface area contributed by atoms with E-state index < -0.39 is 0 Å². The van der Waals surface area contributed by atoms with Gasteiger partial charge in [0.1, 0.15) is 0 Å². The maximum absolute atomic E-state index is 6.40. The number of ether oxygens (including phenoxy) is 1. The van der Waals surface area contributed by atoms with Gasteiger partial charge in [0.05, 0.1) is 18.8 Å². The molecule has 18 heavy (non-hydrogen) atoms. The van der Waals surface area contributed by atoms with Gasteiger partial charge in [-0.2, -0.15) is 0 Å². The monoisotopic (exact) mass is 246 g/mol. The fourth-order valence-corrected chi connectivity index (χ4v) is 3.22. The van der Waals surface area contributed by atoms with Crippen LogP contribution < -0.4 is 5.73 Å². The van der Waals surface area contributed by atoms with E-state index in [-0.39, 0.29) is 12.1 Å². The second-order valence-corrected chi connectivity index (χ2v) is 5.55. The van der Waals surface area contributed by atoms with Crippen molar-refractivity contribution in [1.82, 2.24) is 4.90 Å². The third kappa shape index (κ3) is 2.18. The molecule has 0 aliphatic carbocycles. The lowest BCUT2D eigenvalue weighted by molar-refractivity contribution is -0.0597. The molecule has 2 aliphatic rings. The lowest BCUT2D eigenvalue weighted by Gasteiger charge is -2.38. The lowest BCUT2D eigenvalue weighted by Crippen LogP contribution is -2.49. The Morgan fingerprint density at radius 2 is 2.22 bits per heavy atom. The van der Waals surface area contributed by atoms with Gasteiger partial charge in [0.25, 0.3) is 0 Å². The molecule has 3 rings (SSSR count). The van der Waals surface area contributed by atoms with E-state index in [9.17, 15) is 0 Å². The van der Waals surface area contributed by atoms with Crippen LogP contribution in [-0.2, 0) is 4.74 Å². The Hall–Kier alpha value is -0.900. The molecule has 0 radical (unpaired) electrons. The van der Waals surface area contributed by atoms with Gasteiger partial charge in [-0.25, -0.2) is 0 Å². The predicted molar refractivity (Wildman–Crippen MR) is 72.4 cm³/mol. The Morgan fingerprint density at radius 3 is 3.06 bits per heavy atom. The zero-order valence-corrected chi connectivity index (χ0v) is 11.0. The van der Waals surface area contributed by atoms with Gasteiger partial charge in [0.2, 0.25) is 0 Å². The van der Waals surface area contributed by atoms with Gasteiger partial charge in [0, 0.05) is 12.6 Å². The smallest absolute Gasteiger partial charge is 0.0895 e. The summed E-state index contributed by atoms with van der Waals surface area (Å²) in [4.78, 5) is 2.55. The van der Waals surface area contributed by atoms with Crippen molar-refractivity contribution < 1.29 is 4.74 Å². The molecule has 2 fully saturated rings.